The van der Waals surface area contributed by atoms with Gasteiger partial charge >= 0.3 is 0 Å². The molecular formula is C16H20N6O4S. The minimum absolute atomic E-state index is 0.0540. The highest BCUT2D eigenvalue weighted by Gasteiger charge is 2.14. The van der Waals surface area contributed by atoms with Gasteiger partial charge in [0.05, 0.1) is 11.1 Å². The van der Waals surface area contributed by atoms with Crippen molar-refractivity contribution in [2.75, 3.05) is 13.1 Å². The van der Waals surface area contributed by atoms with Crippen molar-refractivity contribution in [3.05, 3.63) is 54.1 Å². The Morgan fingerprint density at radius 1 is 1.07 bits per heavy atom. The summed E-state index contributed by atoms with van der Waals surface area (Å²) in [5, 5.41) is 2.72. The molecule has 0 saturated carbocycles. The Morgan fingerprint density at radius 3 is 2.44 bits per heavy atom. The summed E-state index contributed by atoms with van der Waals surface area (Å²) in [5.41, 5.74) is 3.01. The molecule has 27 heavy (non-hydrogen) atoms. The van der Waals surface area contributed by atoms with Gasteiger partial charge in [-0.3, -0.25) is 20.0 Å². The second-order valence-electron chi connectivity index (χ2n) is 5.46. The Morgan fingerprint density at radius 2 is 1.81 bits per heavy atom. The van der Waals surface area contributed by atoms with Gasteiger partial charge in [-0.15, -0.1) is 0 Å². The number of nitrogens with two attached hydrogens (primary N) is 1. The summed E-state index contributed by atoms with van der Waals surface area (Å²) in [6, 6.07) is 6.25. The second-order valence-corrected chi connectivity index (χ2v) is 7.22. The molecule has 2 amide bonds. The molecule has 144 valence electrons. The molecule has 1 aromatic heterocycles. The summed E-state index contributed by atoms with van der Waals surface area (Å²) < 4.78 is 26.6. The molecule has 0 aliphatic carbocycles. The van der Waals surface area contributed by atoms with Crippen molar-refractivity contribution in [3.63, 3.8) is 0 Å². The fraction of sp³-hybridized carbons (Fsp3) is 0.250. The van der Waals surface area contributed by atoms with Gasteiger partial charge in [0.15, 0.2) is 0 Å². The van der Waals surface area contributed by atoms with Crippen molar-refractivity contribution in [1.29, 1.82) is 0 Å². The molecule has 0 unspecified atom stereocenters. The van der Waals surface area contributed by atoms with Crippen LogP contribution < -0.4 is 21.3 Å². The fourth-order valence-corrected chi connectivity index (χ4v) is 3.15. The summed E-state index contributed by atoms with van der Waals surface area (Å²) in [6.45, 7) is 0.315. The molecule has 0 aliphatic heterocycles. The van der Waals surface area contributed by atoms with E-state index in [4.69, 9.17) is 5.84 Å². The molecule has 10 nitrogen and oxygen atoms in total. The third-order valence-electron chi connectivity index (χ3n) is 3.53. The van der Waals surface area contributed by atoms with Crippen LogP contribution in [-0.2, 0) is 21.2 Å². The number of carbonyl (C=O) groups is 2. The number of benzene rings is 1. The third-order valence-corrected chi connectivity index (χ3v) is 5.01. The van der Waals surface area contributed by atoms with Crippen LogP contribution in [0.5, 0.6) is 0 Å². The van der Waals surface area contributed by atoms with Gasteiger partial charge in [-0.25, -0.2) is 24.0 Å². The largest absolute Gasteiger partial charge is 0.350 e. The molecule has 0 fully saturated rings. The number of nitrogens with one attached hydrogen (secondary N) is 3. The maximum absolute atomic E-state index is 12.1. The molecule has 11 heteroatoms. The Kier molecular flexibility index (Phi) is 7.34. The number of nitrogens with zero attached hydrogens (tertiary/aromatic N) is 2. The van der Waals surface area contributed by atoms with Crippen molar-refractivity contribution >= 4 is 21.8 Å². The van der Waals surface area contributed by atoms with Crippen LogP contribution in [0.2, 0.25) is 0 Å². The molecular weight excluding hydrogens is 372 g/mol. The summed E-state index contributed by atoms with van der Waals surface area (Å²) >= 11 is 0. The van der Waals surface area contributed by atoms with E-state index in [1.54, 1.807) is 12.1 Å². The van der Waals surface area contributed by atoms with Crippen molar-refractivity contribution in [2.45, 2.75) is 17.7 Å². The van der Waals surface area contributed by atoms with Gasteiger partial charge in [0.25, 0.3) is 5.91 Å². The summed E-state index contributed by atoms with van der Waals surface area (Å²) in [5.74, 6) is 4.14. The lowest BCUT2D eigenvalue weighted by molar-refractivity contribution is -0.121. The summed E-state index contributed by atoms with van der Waals surface area (Å²) in [6.07, 6.45) is 4.76. The third kappa shape index (κ3) is 6.40. The fourth-order valence-electron chi connectivity index (χ4n) is 2.12. The number of rotatable bonds is 9. The van der Waals surface area contributed by atoms with E-state index < -0.39 is 15.9 Å². The van der Waals surface area contributed by atoms with Crippen LogP contribution >= 0.6 is 0 Å². The van der Waals surface area contributed by atoms with Crippen LogP contribution in [0.25, 0.3) is 0 Å². The van der Waals surface area contributed by atoms with E-state index in [1.165, 1.54) is 30.7 Å². The van der Waals surface area contributed by atoms with Crippen molar-refractivity contribution in [1.82, 2.24) is 25.4 Å². The predicted octanol–water partition coefficient (Wildman–Crippen LogP) is -0.893. The summed E-state index contributed by atoms with van der Waals surface area (Å²) in [4.78, 5) is 30.7. The first-order chi connectivity index (χ1) is 12.9. The highest BCUT2D eigenvalue weighted by molar-refractivity contribution is 7.89. The van der Waals surface area contributed by atoms with E-state index >= 15 is 0 Å². The highest BCUT2D eigenvalue weighted by atomic mass is 32.2. The molecule has 0 radical (unpaired) electrons. The zero-order valence-electron chi connectivity index (χ0n) is 14.4. The molecule has 0 spiro atoms. The van der Waals surface area contributed by atoms with Crippen LogP contribution in [0.4, 0.5) is 0 Å². The highest BCUT2D eigenvalue weighted by Crippen LogP contribution is 2.11. The van der Waals surface area contributed by atoms with Gasteiger partial charge in [-0.05, 0) is 24.1 Å². The first-order valence-electron chi connectivity index (χ1n) is 8.04. The van der Waals surface area contributed by atoms with Gasteiger partial charge in [-0.1, -0.05) is 12.1 Å². The quantitative estimate of drug-likeness (QED) is 0.245. The first-order valence-corrected chi connectivity index (χ1v) is 9.53. The smallest absolute Gasteiger partial charge is 0.271 e. The topological polar surface area (TPSA) is 156 Å². The molecule has 0 atom stereocenters. The first kappa shape index (κ1) is 20.4. The van der Waals surface area contributed by atoms with E-state index in [0.29, 0.717) is 13.0 Å². The lowest BCUT2D eigenvalue weighted by Gasteiger charge is -2.08. The van der Waals surface area contributed by atoms with Crippen LogP contribution in [0.3, 0.4) is 0 Å². The maximum Gasteiger partial charge on any atom is 0.271 e. The van der Waals surface area contributed by atoms with Crippen LogP contribution in [0.1, 0.15) is 22.5 Å². The van der Waals surface area contributed by atoms with E-state index in [0.717, 1.165) is 5.56 Å². The number of carbonyl (C=O) groups excluding carboxylic acids is 2. The average molecular weight is 392 g/mol. The minimum atomic E-state index is -3.71. The van der Waals surface area contributed by atoms with E-state index in [1.807, 2.05) is 5.43 Å². The second kappa shape index (κ2) is 9.71. The van der Waals surface area contributed by atoms with Crippen molar-refractivity contribution < 1.29 is 18.0 Å². The summed E-state index contributed by atoms with van der Waals surface area (Å²) in [7, 11) is -3.71. The van der Waals surface area contributed by atoms with Crippen LogP contribution in [0.15, 0.2) is 47.8 Å². The van der Waals surface area contributed by atoms with Crippen molar-refractivity contribution in [3.8, 4) is 0 Å². The Labute approximate surface area is 156 Å². The zero-order valence-corrected chi connectivity index (χ0v) is 15.2. The van der Waals surface area contributed by atoms with Crippen molar-refractivity contribution in [2.24, 2.45) is 5.84 Å². The molecule has 2 rings (SSSR count). The van der Waals surface area contributed by atoms with E-state index in [-0.39, 0.29) is 29.5 Å². The average Bonchev–Trinajstić information content (AvgIpc) is 2.68. The number of hydrogen-bond acceptors (Lipinski definition) is 7. The molecule has 0 aliphatic rings. The number of hydrogen-bond donors (Lipinski definition) is 4. The van der Waals surface area contributed by atoms with Gasteiger partial charge in [0.1, 0.15) is 5.69 Å². The zero-order chi connectivity index (χ0) is 19.7. The maximum atomic E-state index is 12.1. The predicted molar refractivity (Wildman–Crippen MR) is 96.6 cm³/mol. The van der Waals surface area contributed by atoms with Gasteiger partial charge < -0.3 is 5.32 Å². The van der Waals surface area contributed by atoms with E-state index in [9.17, 15) is 18.0 Å². The Balaban J connectivity index is 1.83. The molecule has 2 aromatic rings. The number of sulfonamides is 1. The van der Waals surface area contributed by atoms with Gasteiger partial charge in [0.2, 0.25) is 15.9 Å². The Hall–Kier alpha value is -2.89. The minimum Gasteiger partial charge on any atom is -0.350 e. The van der Waals surface area contributed by atoms with E-state index in [2.05, 4.69) is 20.0 Å². The number of hydrazine groups is 1. The SMILES string of the molecule is NNC(=O)CCNS(=O)(=O)c1ccc(CCNC(=O)c2cnccn2)cc1. The van der Waals surface area contributed by atoms with Gasteiger partial charge in [-0.2, -0.15) is 0 Å². The van der Waals surface area contributed by atoms with Gasteiger partial charge in [0, 0.05) is 31.9 Å². The monoisotopic (exact) mass is 392 g/mol. The standard InChI is InChI=1S/C16H20N6O4S/c17-22-15(23)6-8-21-27(25,26)13-3-1-12(2-4-13)5-7-20-16(24)14-11-18-9-10-19-14/h1-4,9-11,21H,5-8,17H2,(H,20,24)(H,22,23). The molecule has 0 saturated heterocycles. The van der Waals surface area contributed by atoms with Crippen LogP contribution in [-0.4, -0.2) is 43.3 Å². The molecule has 5 N–H and O–H groups in total. The normalized spacial score (nSPS) is 11.0. The molecule has 1 aromatic carbocycles. The number of amides is 2. The Bertz CT molecular complexity index is 872. The number of aromatic nitrogens is 2. The van der Waals surface area contributed by atoms with Crippen LogP contribution in [0, 0.1) is 0 Å². The molecule has 0 bridgehead atoms. The lowest BCUT2D eigenvalue weighted by atomic mass is 10.1. The molecule has 1 heterocycles. The lowest BCUT2D eigenvalue weighted by Crippen LogP contribution is -2.34.